The van der Waals surface area contributed by atoms with Crippen molar-refractivity contribution in [3.8, 4) is 0 Å². The zero-order valence-corrected chi connectivity index (χ0v) is 7.12. The molecule has 0 aliphatic heterocycles. The summed E-state index contributed by atoms with van der Waals surface area (Å²) in [5.41, 5.74) is 1.05. The van der Waals surface area contributed by atoms with E-state index >= 15 is 0 Å². The van der Waals surface area contributed by atoms with Crippen LogP contribution in [0.4, 0.5) is 8.78 Å². The van der Waals surface area contributed by atoms with Crippen LogP contribution in [-0.2, 0) is 11.2 Å². The Labute approximate surface area is 76.3 Å². The minimum atomic E-state index is -2.40. The van der Waals surface area contributed by atoms with Crippen LogP contribution in [0.25, 0.3) is 0 Å². The molecule has 1 radical (unpaired) electrons. The third-order valence-corrected chi connectivity index (χ3v) is 1.50. The van der Waals surface area contributed by atoms with Gasteiger partial charge in [0.15, 0.2) is 0 Å². The van der Waals surface area contributed by atoms with Gasteiger partial charge in [0.05, 0.1) is 6.61 Å². The first-order chi connectivity index (χ1) is 6.29. The van der Waals surface area contributed by atoms with E-state index in [1.54, 1.807) is 0 Å². The molecule has 0 aromatic heterocycles. The first-order valence-corrected chi connectivity index (χ1v) is 4.04. The maximum absolute atomic E-state index is 11.6. The molecule has 0 heterocycles. The standard InChI is InChI=1S/C10H11F2O/c11-10(12)8-13-7-6-9-4-2-1-3-5-9/h1-5,7,10H,6,8H2. The van der Waals surface area contributed by atoms with Crippen LogP contribution >= 0.6 is 0 Å². The Kier molecular flexibility index (Phi) is 4.40. The van der Waals surface area contributed by atoms with Crippen molar-refractivity contribution in [2.24, 2.45) is 0 Å². The first-order valence-electron chi connectivity index (χ1n) is 4.04. The van der Waals surface area contributed by atoms with Crippen molar-refractivity contribution in [1.82, 2.24) is 0 Å². The lowest BCUT2D eigenvalue weighted by Gasteiger charge is -2.02. The fourth-order valence-electron chi connectivity index (χ4n) is 0.910. The summed E-state index contributed by atoms with van der Waals surface area (Å²) >= 11 is 0. The van der Waals surface area contributed by atoms with E-state index in [0.29, 0.717) is 6.42 Å². The maximum Gasteiger partial charge on any atom is 0.261 e. The second-order valence-corrected chi connectivity index (χ2v) is 2.58. The van der Waals surface area contributed by atoms with Crippen molar-refractivity contribution >= 4 is 0 Å². The van der Waals surface area contributed by atoms with Crippen LogP contribution in [0, 0.1) is 6.61 Å². The normalized spacial score (nSPS) is 10.7. The zero-order valence-electron chi connectivity index (χ0n) is 7.12. The van der Waals surface area contributed by atoms with Gasteiger partial charge in [-0.3, -0.25) is 0 Å². The Morgan fingerprint density at radius 2 is 1.92 bits per heavy atom. The Hall–Kier alpha value is -0.960. The zero-order chi connectivity index (χ0) is 9.52. The third-order valence-electron chi connectivity index (χ3n) is 1.50. The monoisotopic (exact) mass is 185 g/mol. The average molecular weight is 185 g/mol. The number of benzene rings is 1. The van der Waals surface area contributed by atoms with Gasteiger partial charge in [-0.1, -0.05) is 30.3 Å². The highest BCUT2D eigenvalue weighted by atomic mass is 19.3. The molecule has 0 fully saturated rings. The molecule has 0 aliphatic rings. The number of rotatable bonds is 5. The molecule has 0 unspecified atom stereocenters. The van der Waals surface area contributed by atoms with E-state index in [1.807, 2.05) is 30.3 Å². The predicted octanol–water partition coefficient (Wildman–Crippen LogP) is 2.67. The van der Waals surface area contributed by atoms with Gasteiger partial charge in [0.2, 0.25) is 0 Å². The van der Waals surface area contributed by atoms with Crippen LogP contribution in [-0.4, -0.2) is 13.0 Å². The van der Waals surface area contributed by atoms with Crippen LogP contribution in [0.1, 0.15) is 5.56 Å². The van der Waals surface area contributed by atoms with Gasteiger partial charge >= 0.3 is 0 Å². The van der Waals surface area contributed by atoms with Crippen LogP contribution in [0.2, 0.25) is 0 Å². The highest BCUT2D eigenvalue weighted by Crippen LogP contribution is 2.03. The number of hydrogen-bond acceptors (Lipinski definition) is 1. The number of alkyl halides is 2. The van der Waals surface area contributed by atoms with Crippen molar-refractivity contribution in [2.75, 3.05) is 6.61 Å². The molecule has 0 N–H and O–H groups in total. The minimum absolute atomic E-state index is 0.521. The van der Waals surface area contributed by atoms with Crippen molar-refractivity contribution in [3.05, 3.63) is 42.5 Å². The second-order valence-electron chi connectivity index (χ2n) is 2.58. The topological polar surface area (TPSA) is 9.23 Å². The SMILES string of the molecule is FC(F)CO[CH]Cc1ccccc1. The van der Waals surface area contributed by atoms with E-state index in [1.165, 1.54) is 6.61 Å². The number of hydrogen-bond donors (Lipinski definition) is 0. The highest BCUT2D eigenvalue weighted by molar-refractivity contribution is 5.15. The second kappa shape index (κ2) is 5.65. The lowest BCUT2D eigenvalue weighted by atomic mass is 10.2. The maximum atomic E-state index is 11.6. The quantitative estimate of drug-likeness (QED) is 0.641. The summed E-state index contributed by atoms with van der Waals surface area (Å²) in [7, 11) is 0. The smallest absolute Gasteiger partial charge is 0.261 e. The molecule has 0 bridgehead atoms. The van der Waals surface area contributed by atoms with Gasteiger partial charge in [-0.05, 0) is 5.56 Å². The average Bonchev–Trinajstić information content (AvgIpc) is 2.14. The van der Waals surface area contributed by atoms with Crippen LogP contribution in [0.15, 0.2) is 30.3 Å². The van der Waals surface area contributed by atoms with Crippen LogP contribution in [0.3, 0.4) is 0 Å². The van der Waals surface area contributed by atoms with E-state index in [4.69, 9.17) is 0 Å². The molecular formula is C10H11F2O. The fraction of sp³-hybridized carbons (Fsp3) is 0.300. The van der Waals surface area contributed by atoms with E-state index < -0.39 is 13.0 Å². The molecule has 13 heavy (non-hydrogen) atoms. The van der Waals surface area contributed by atoms with Crippen LogP contribution in [0.5, 0.6) is 0 Å². The molecular weight excluding hydrogens is 174 g/mol. The van der Waals surface area contributed by atoms with Gasteiger partial charge in [-0.25, -0.2) is 8.78 Å². The lowest BCUT2D eigenvalue weighted by Crippen LogP contribution is -2.03. The summed E-state index contributed by atoms with van der Waals surface area (Å²) in [4.78, 5) is 0. The molecule has 0 aliphatic carbocycles. The molecule has 71 valence electrons. The summed E-state index contributed by atoms with van der Waals surface area (Å²) in [6, 6.07) is 9.54. The molecule has 1 aromatic rings. The molecule has 0 spiro atoms. The third kappa shape index (κ3) is 4.58. The molecule has 0 saturated carbocycles. The Balaban J connectivity index is 2.13. The van der Waals surface area contributed by atoms with Crippen LogP contribution < -0.4 is 0 Å². The van der Waals surface area contributed by atoms with E-state index in [-0.39, 0.29) is 0 Å². The van der Waals surface area contributed by atoms with Gasteiger partial charge in [0.1, 0.15) is 6.61 Å². The molecule has 1 aromatic carbocycles. The molecule has 3 heteroatoms. The van der Waals surface area contributed by atoms with E-state index in [2.05, 4.69) is 4.74 Å². The van der Waals surface area contributed by atoms with Crippen molar-refractivity contribution in [3.63, 3.8) is 0 Å². The molecule has 0 saturated heterocycles. The van der Waals surface area contributed by atoms with Crippen molar-refractivity contribution < 1.29 is 13.5 Å². The van der Waals surface area contributed by atoms with E-state index in [9.17, 15) is 8.78 Å². The summed E-state index contributed by atoms with van der Waals surface area (Å²) in [5, 5.41) is 0. The van der Waals surface area contributed by atoms with Crippen molar-refractivity contribution in [1.29, 1.82) is 0 Å². The first kappa shape index (κ1) is 10.1. The molecule has 0 atom stereocenters. The summed E-state index contributed by atoms with van der Waals surface area (Å²) < 4.78 is 27.9. The summed E-state index contributed by atoms with van der Waals surface area (Å²) in [6.45, 7) is 0.883. The van der Waals surface area contributed by atoms with Gasteiger partial charge in [-0.2, -0.15) is 0 Å². The Bertz CT molecular complexity index is 224. The van der Waals surface area contributed by atoms with Gasteiger partial charge < -0.3 is 4.74 Å². The minimum Gasteiger partial charge on any atom is -0.369 e. The van der Waals surface area contributed by atoms with Gasteiger partial charge in [0, 0.05) is 6.42 Å². The number of ether oxygens (including phenoxy) is 1. The molecule has 0 amide bonds. The van der Waals surface area contributed by atoms with E-state index in [0.717, 1.165) is 5.56 Å². The largest absolute Gasteiger partial charge is 0.369 e. The van der Waals surface area contributed by atoms with Gasteiger partial charge in [0.25, 0.3) is 6.43 Å². The summed E-state index contributed by atoms with van der Waals surface area (Å²) in [6.07, 6.45) is -1.83. The lowest BCUT2D eigenvalue weighted by molar-refractivity contribution is 0.0431. The molecule has 1 rings (SSSR count). The Morgan fingerprint density at radius 1 is 1.23 bits per heavy atom. The van der Waals surface area contributed by atoms with Gasteiger partial charge in [-0.15, -0.1) is 0 Å². The Morgan fingerprint density at radius 3 is 2.54 bits per heavy atom. The predicted molar refractivity (Wildman–Crippen MR) is 46.4 cm³/mol. The van der Waals surface area contributed by atoms with Crippen molar-refractivity contribution in [2.45, 2.75) is 12.8 Å². The highest BCUT2D eigenvalue weighted by Gasteiger charge is 2.01. The number of halogens is 2. The molecule has 1 nitrogen and oxygen atoms in total. The fourth-order valence-corrected chi connectivity index (χ4v) is 0.910. The summed E-state index contributed by atoms with van der Waals surface area (Å²) in [5.74, 6) is 0.